The van der Waals surface area contributed by atoms with Crippen molar-refractivity contribution < 1.29 is 32.5 Å². The molecule has 9 heteroatoms. The van der Waals surface area contributed by atoms with Crippen LogP contribution in [-0.4, -0.2) is 24.0 Å². The molecule has 0 aliphatic carbocycles. The van der Waals surface area contributed by atoms with Gasteiger partial charge >= 0.3 is 12.3 Å². The Hall–Kier alpha value is -1.67. The highest BCUT2D eigenvalue weighted by atomic mass is 35.5. The lowest BCUT2D eigenvalue weighted by Crippen LogP contribution is -2.19. The summed E-state index contributed by atoms with van der Waals surface area (Å²) >= 11 is 0. The Morgan fingerprint density at radius 3 is 2.57 bits per heavy atom. The molecule has 0 saturated heterocycles. The number of aromatic hydroxyl groups is 1. The minimum atomic E-state index is -4.85. The highest BCUT2D eigenvalue weighted by Crippen LogP contribution is 2.31. The lowest BCUT2D eigenvalue weighted by molar-refractivity contribution is -0.274. The normalized spacial score (nSPS) is 12.2. The Morgan fingerprint density at radius 1 is 1.43 bits per heavy atom. The first kappa shape index (κ1) is 19.3. The lowest BCUT2D eigenvalue weighted by atomic mass is 10.0. The smallest absolute Gasteiger partial charge is 0.508 e. The largest absolute Gasteiger partial charge is 0.573 e. The Labute approximate surface area is 125 Å². The number of carbonyl (C=O) groups is 1. The van der Waals surface area contributed by atoms with Crippen LogP contribution in [-0.2, 0) is 9.53 Å². The number of esters is 1. The van der Waals surface area contributed by atoms with Crippen LogP contribution in [0, 0.1) is 0 Å². The molecule has 0 bridgehead atoms. The SMILES string of the molecule is CCOC(=O)C[C@H](N)c1cc(OC(F)(F)F)ccc1O.Cl. The summed E-state index contributed by atoms with van der Waals surface area (Å²) in [5.74, 6) is -1.46. The van der Waals surface area contributed by atoms with Gasteiger partial charge in [-0.05, 0) is 25.1 Å². The van der Waals surface area contributed by atoms with Crippen molar-refractivity contribution in [3.05, 3.63) is 23.8 Å². The molecule has 0 spiro atoms. The average Bonchev–Trinajstić information content (AvgIpc) is 2.30. The van der Waals surface area contributed by atoms with Crippen LogP contribution in [0.15, 0.2) is 18.2 Å². The van der Waals surface area contributed by atoms with E-state index < -0.39 is 24.1 Å². The van der Waals surface area contributed by atoms with Crippen molar-refractivity contribution in [2.75, 3.05) is 6.61 Å². The van der Waals surface area contributed by atoms with Crippen molar-refractivity contribution in [3.8, 4) is 11.5 Å². The molecule has 0 aliphatic rings. The molecule has 5 nitrogen and oxygen atoms in total. The second kappa shape index (κ2) is 7.94. The van der Waals surface area contributed by atoms with Crippen molar-refractivity contribution in [2.45, 2.75) is 25.7 Å². The fourth-order valence-corrected chi connectivity index (χ4v) is 1.54. The minimum absolute atomic E-state index is 0. The summed E-state index contributed by atoms with van der Waals surface area (Å²) in [7, 11) is 0. The van der Waals surface area contributed by atoms with Gasteiger partial charge in [-0.25, -0.2) is 0 Å². The number of carbonyl (C=O) groups excluding carboxylic acids is 1. The van der Waals surface area contributed by atoms with Crippen molar-refractivity contribution in [3.63, 3.8) is 0 Å². The zero-order chi connectivity index (χ0) is 15.3. The van der Waals surface area contributed by atoms with Gasteiger partial charge in [0.25, 0.3) is 0 Å². The van der Waals surface area contributed by atoms with Crippen LogP contribution in [0.3, 0.4) is 0 Å². The summed E-state index contributed by atoms with van der Waals surface area (Å²) in [6, 6.07) is 1.91. The van der Waals surface area contributed by atoms with E-state index in [-0.39, 0.29) is 36.7 Å². The molecule has 0 fully saturated rings. The Morgan fingerprint density at radius 2 is 2.05 bits per heavy atom. The first-order chi connectivity index (χ1) is 9.23. The van der Waals surface area contributed by atoms with Crippen molar-refractivity contribution in [2.24, 2.45) is 5.73 Å². The van der Waals surface area contributed by atoms with Gasteiger partial charge in [0, 0.05) is 11.6 Å². The quantitative estimate of drug-likeness (QED) is 0.812. The molecule has 3 N–H and O–H groups in total. The summed E-state index contributed by atoms with van der Waals surface area (Å²) in [4.78, 5) is 11.3. The van der Waals surface area contributed by atoms with Gasteiger partial charge in [-0.15, -0.1) is 25.6 Å². The van der Waals surface area contributed by atoms with E-state index in [1.165, 1.54) is 0 Å². The molecule has 0 unspecified atom stereocenters. The van der Waals surface area contributed by atoms with Gasteiger partial charge in [-0.2, -0.15) is 0 Å². The number of phenols is 1. The van der Waals surface area contributed by atoms with Gasteiger partial charge in [-0.1, -0.05) is 0 Å². The highest BCUT2D eigenvalue weighted by molar-refractivity contribution is 5.85. The molecule has 0 saturated carbocycles. The highest BCUT2D eigenvalue weighted by Gasteiger charge is 2.31. The second-order valence-electron chi connectivity index (χ2n) is 3.88. The molecule has 1 aromatic rings. The molecule has 0 amide bonds. The van der Waals surface area contributed by atoms with E-state index in [0.29, 0.717) is 0 Å². The molecule has 0 heterocycles. The van der Waals surface area contributed by atoms with Crippen LogP contribution in [0.25, 0.3) is 0 Å². The average molecular weight is 330 g/mol. The molecule has 21 heavy (non-hydrogen) atoms. The molecule has 1 aromatic carbocycles. The number of hydrogen-bond donors (Lipinski definition) is 2. The fraction of sp³-hybridized carbons (Fsp3) is 0.417. The number of phenolic OH excluding ortho intramolecular Hbond substituents is 1. The van der Waals surface area contributed by atoms with E-state index >= 15 is 0 Å². The molecule has 1 atom stereocenters. The number of alkyl halides is 3. The Kier molecular flexibility index (Phi) is 7.31. The third kappa shape index (κ3) is 6.54. The zero-order valence-corrected chi connectivity index (χ0v) is 11.8. The van der Waals surface area contributed by atoms with E-state index in [4.69, 9.17) is 5.73 Å². The minimum Gasteiger partial charge on any atom is -0.508 e. The van der Waals surface area contributed by atoms with E-state index in [1.807, 2.05) is 0 Å². The van der Waals surface area contributed by atoms with Crippen molar-refractivity contribution in [1.29, 1.82) is 0 Å². The molecular formula is C12H15ClF3NO4. The van der Waals surface area contributed by atoms with Crippen LogP contribution in [0.5, 0.6) is 11.5 Å². The third-order valence-corrected chi connectivity index (χ3v) is 2.32. The molecular weight excluding hydrogens is 315 g/mol. The molecule has 1 rings (SSSR count). The van der Waals surface area contributed by atoms with Crippen molar-refractivity contribution >= 4 is 18.4 Å². The van der Waals surface area contributed by atoms with Gasteiger partial charge in [0.2, 0.25) is 0 Å². The first-order valence-corrected chi connectivity index (χ1v) is 5.72. The number of nitrogens with two attached hydrogens (primary N) is 1. The van der Waals surface area contributed by atoms with E-state index in [2.05, 4.69) is 9.47 Å². The van der Waals surface area contributed by atoms with Crippen LogP contribution >= 0.6 is 12.4 Å². The van der Waals surface area contributed by atoms with Gasteiger partial charge < -0.3 is 20.3 Å². The number of benzene rings is 1. The molecule has 0 radical (unpaired) electrons. The lowest BCUT2D eigenvalue weighted by Gasteiger charge is -2.15. The van der Waals surface area contributed by atoms with Gasteiger partial charge in [0.15, 0.2) is 0 Å². The summed E-state index contributed by atoms with van der Waals surface area (Å²) in [5.41, 5.74) is 5.63. The summed E-state index contributed by atoms with van der Waals surface area (Å²) in [6.45, 7) is 1.77. The van der Waals surface area contributed by atoms with Crippen LogP contribution in [0.1, 0.15) is 24.9 Å². The van der Waals surface area contributed by atoms with Crippen LogP contribution < -0.4 is 10.5 Å². The maximum atomic E-state index is 12.1. The first-order valence-electron chi connectivity index (χ1n) is 5.72. The maximum Gasteiger partial charge on any atom is 0.573 e. The number of rotatable bonds is 5. The predicted octanol–water partition coefficient (Wildman–Crippen LogP) is 2.67. The van der Waals surface area contributed by atoms with Crippen molar-refractivity contribution in [1.82, 2.24) is 0 Å². The molecule has 0 aliphatic heterocycles. The number of ether oxygens (including phenoxy) is 2. The fourth-order valence-electron chi connectivity index (χ4n) is 1.54. The topological polar surface area (TPSA) is 81.8 Å². The Balaban J connectivity index is 0.00000400. The summed E-state index contributed by atoms with van der Waals surface area (Å²) < 4.78 is 44.7. The van der Waals surface area contributed by atoms with Crippen LogP contribution in [0.4, 0.5) is 13.2 Å². The van der Waals surface area contributed by atoms with Gasteiger partial charge in [0.1, 0.15) is 11.5 Å². The second-order valence-corrected chi connectivity index (χ2v) is 3.88. The van der Waals surface area contributed by atoms with Crippen LogP contribution in [0.2, 0.25) is 0 Å². The van der Waals surface area contributed by atoms with E-state index in [1.54, 1.807) is 6.92 Å². The number of hydrogen-bond acceptors (Lipinski definition) is 5. The number of halogens is 4. The zero-order valence-electron chi connectivity index (χ0n) is 11.0. The monoisotopic (exact) mass is 329 g/mol. The van der Waals surface area contributed by atoms with E-state index in [0.717, 1.165) is 18.2 Å². The third-order valence-electron chi connectivity index (χ3n) is 2.32. The van der Waals surface area contributed by atoms with Gasteiger partial charge in [-0.3, -0.25) is 4.79 Å². The summed E-state index contributed by atoms with van der Waals surface area (Å²) in [5, 5.41) is 9.58. The van der Waals surface area contributed by atoms with E-state index in [9.17, 15) is 23.1 Å². The molecule has 0 aromatic heterocycles. The summed E-state index contributed by atoms with van der Waals surface area (Å²) in [6.07, 6.45) is -5.11. The maximum absolute atomic E-state index is 12.1. The molecule has 120 valence electrons. The predicted molar refractivity (Wildman–Crippen MR) is 70.2 cm³/mol. The Bertz CT molecular complexity index is 482. The van der Waals surface area contributed by atoms with Gasteiger partial charge in [0.05, 0.1) is 13.0 Å². The standard InChI is InChI=1S/C12H14F3NO4.ClH/c1-2-19-11(18)6-9(16)8-5-7(3-4-10(8)17)20-12(13,14)15;/h3-5,9,17H,2,6,16H2,1H3;1H/t9-;/m0./s1.